The van der Waals surface area contributed by atoms with E-state index < -0.39 is 6.36 Å². The van der Waals surface area contributed by atoms with Gasteiger partial charge in [0.15, 0.2) is 0 Å². The number of nitrogens with zero attached hydrogens (tertiary/aromatic N) is 2. The van der Waals surface area contributed by atoms with Crippen molar-refractivity contribution in [2.45, 2.75) is 12.4 Å². The lowest BCUT2D eigenvalue weighted by Gasteiger charge is -2.35. The highest BCUT2D eigenvalue weighted by Gasteiger charge is 2.31. The van der Waals surface area contributed by atoms with E-state index in [1.807, 2.05) is 12.1 Å². The summed E-state index contributed by atoms with van der Waals surface area (Å²) in [4.78, 5) is 6.47. The van der Waals surface area contributed by atoms with E-state index >= 15 is 0 Å². The Labute approximate surface area is 162 Å². The van der Waals surface area contributed by atoms with Crippen molar-refractivity contribution >= 4 is 24.8 Å². The standard InChI is InChI=1S/C17H18F3N3O.2ClH/c18-17(19,20)24-15-5-3-13(4-6-15)16(14-2-1-7-22-12-14)23-10-8-21-9-11-23;;/h1-7,12,16,21H,8-11H2;2*1H/t16-;;/m1../s1. The number of nitrogens with one attached hydrogen (secondary N) is 1. The minimum atomic E-state index is -4.68. The fourth-order valence-corrected chi connectivity index (χ4v) is 2.94. The summed E-state index contributed by atoms with van der Waals surface area (Å²) in [5.41, 5.74) is 1.93. The van der Waals surface area contributed by atoms with E-state index in [9.17, 15) is 13.2 Å². The number of pyridine rings is 1. The zero-order chi connectivity index (χ0) is 17.0. The lowest BCUT2D eigenvalue weighted by molar-refractivity contribution is -0.274. The molecule has 144 valence electrons. The minimum absolute atomic E-state index is 0. The molecule has 2 heterocycles. The molecule has 9 heteroatoms. The number of halogens is 5. The Hall–Kier alpha value is -1.54. The van der Waals surface area contributed by atoms with Crippen LogP contribution in [-0.2, 0) is 0 Å². The predicted octanol–water partition coefficient (Wildman–Crippen LogP) is 3.82. The molecule has 1 atom stereocenters. The zero-order valence-corrected chi connectivity index (χ0v) is 15.4. The molecule has 0 aliphatic carbocycles. The zero-order valence-electron chi connectivity index (χ0n) is 13.8. The third-order valence-corrected chi connectivity index (χ3v) is 3.95. The first kappa shape index (κ1) is 22.5. The highest BCUT2D eigenvalue weighted by atomic mass is 35.5. The third kappa shape index (κ3) is 6.02. The fraction of sp³-hybridized carbons (Fsp3) is 0.353. The molecule has 0 saturated carbocycles. The maximum absolute atomic E-state index is 12.3. The molecule has 1 aromatic heterocycles. The van der Waals surface area contributed by atoms with E-state index in [1.54, 1.807) is 24.5 Å². The van der Waals surface area contributed by atoms with E-state index in [0.717, 1.165) is 37.3 Å². The Bertz CT molecular complexity index is 651. The van der Waals surface area contributed by atoms with Crippen LogP contribution in [0.2, 0.25) is 0 Å². The molecule has 1 aliphatic rings. The summed E-state index contributed by atoms with van der Waals surface area (Å²) in [6, 6.07) is 9.89. The van der Waals surface area contributed by atoms with Crippen LogP contribution in [0.1, 0.15) is 17.2 Å². The highest BCUT2D eigenvalue weighted by molar-refractivity contribution is 5.85. The quantitative estimate of drug-likeness (QED) is 0.832. The Balaban J connectivity index is 0.00000169. The van der Waals surface area contributed by atoms with Gasteiger partial charge in [-0.15, -0.1) is 38.0 Å². The SMILES string of the molecule is Cl.Cl.FC(F)(F)Oc1ccc([C@H](c2cccnc2)N2CCNCC2)cc1. The maximum Gasteiger partial charge on any atom is 0.573 e. The molecular weight excluding hydrogens is 390 g/mol. The molecule has 1 saturated heterocycles. The Morgan fingerprint density at radius 2 is 1.65 bits per heavy atom. The van der Waals surface area contributed by atoms with Gasteiger partial charge in [-0.1, -0.05) is 18.2 Å². The number of hydrogen-bond donors (Lipinski definition) is 1. The maximum atomic E-state index is 12.3. The van der Waals surface area contributed by atoms with Crippen molar-refractivity contribution in [3.63, 3.8) is 0 Å². The molecule has 0 spiro atoms. The first-order chi connectivity index (χ1) is 11.5. The van der Waals surface area contributed by atoms with E-state index in [-0.39, 0.29) is 36.6 Å². The van der Waals surface area contributed by atoms with Crippen LogP contribution >= 0.6 is 24.8 Å². The smallest absolute Gasteiger partial charge is 0.406 e. The second-order valence-corrected chi connectivity index (χ2v) is 5.59. The van der Waals surface area contributed by atoms with Crippen LogP contribution in [0, 0.1) is 0 Å². The number of rotatable bonds is 4. The lowest BCUT2D eigenvalue weighted by atomic mass is 9.97. The molecule has 1 aliphatic heterocycles. The Kier molecular flexibility index (Phi) is 8.62. The van der Waals surface area contributed by atoms with Gasteiger partial charge in [0.05, 0.1) is 6.04 Å². The summed E-state index contributed by atoms with van der Waals surface area (Å²) in [5.74, 6) is -0.212. The number of aromatic nitrogens is 1. The van der Waals surface area contributed by atoms with Gasteiger partial charge in [0.2, 0.25) is 0 Å². The van der Waals surface area contributed by atoms with Crippen LogP contribution in [0.4, 0.5) is 13.2 Å². The predicted molar refractivity (Wildman–Crippen MR) is 98.1 cm³/mol. The van der Waals surface area contributed by atoms with Crippen LogP contribution < -0.4 is 10.1 Å². The lowest BCUT2D eigenvalue weighted by Crippen LogP contribution is -2.45. The van der Waals surface area contributed by atoms with Crippen molar-refractivity contribution in [3.8, 4) is 5.75 Å². The second-order valence-electron chi connectivity index (χ2n) is 5.59. The van der Waals surface area contributed by atoms with E-state index in [0.29, 0.717) is 0 Å². The van der Waals surface area contributed by atoms with Crippen molar-refractivity contribution in [1.82, 2.24) is 15.2 Å². The molecule has 3 rings (SSSR count). The van der Waals surface area contributed by atoms with Gasteiger partial charge in [0.1, 0.15) is 5.75 Å². The van der Waals surface area contributed by atoms with E-state index in [1.165, 1.54) is 12.1 Å². The van der Waals surface area contributed by atoms with Gasteiger partial charge in [-0.2, -0.15) is 0 Å². The number of ether oxygens (including phenoxy) is 1. The van der Waals surface area contributed by atoms with Crippen molar-refractivity contribution < 1.29 is 17.9 Å². The van der Waals surface area contributed by atoms with Crippen LogP contribution in [0.25, 0.3) is 0 Å². The molecule has 0 radical (unpaired) electrons. The first-order valence-corrected chi connectivity index (χ1v) is 7.73. The fourth-order valence-electron chi connectivity index (χ4n) is 2.94. The summed E-state index contributed by atoms with van der Waals surface area (Å²) in [6.07, 6.45) is -1.17. The third-order valence-electron chi connectivity index (χ3n) is 3.95. The number of hydrogen-bond acceptors (Lipinski definition) is 4. The minimum Gasteiger partial charge on any atom is -0.406 e. The van der Waals surface area contributed by atoms with Gasteiger partial charge in [-0.05, 0) is 29.3 Å². The second kappa shape index (κ2) is 9.97. The molecule has 2 aromatic rings. The summed E-state index contributed by atoms with van der Waals surface area (Å²) in [5, 5.41) is 3.31. The van der Waals surface area contributed by atoms with Gasteiger partial charge >= 0.3 is 6.36 Å². The molecular formula is C17H20Cl2F3N3O. The average molecular weight is 410 g/mol. The molecule has 4 nitrogen and oxygen atoms in total. The van der Waals surface area contributed by atoms with E-state index in [2.05, 4.69) is 19.9 Å². The molecule has 0 bridgehead atoms. The Morgan fingerprint density at radius 1 is 1.00 bits per heavy atom. The van der Waals surface area contributed by atoms with Crippen molar-refractivity contribution in [2.24, 2.45) is 0 Å². The van der Waals surface area contributed by atoms with E-state index in [4.69, 9.17) is 0 Å². The van der Waals surface area contributed by atoms with Crippen molar-refractivity contribution in [1.29, 1.82) is 0 Å². The molecule has 0 unspecified atom stereocenters. The molecule has 1 N–H and O–H groups in total. The summed E-state index contributed by atoms with van der Waals surface area (Å²) in [6.45, 7) is 3.48. The van der Waals surface area contributed by atoms with Crippen LogP contribution in [0.3, 0.4) is 0 Å². The van der Waals surface area contributed by atoms with Gasteiger partial charge in [-0.3, -0.25) is 9.88 Å². The first-order valence-electron chi connectivity index (χ1n) is 7.73. The van der Waals surface area contributed by atoms with Crippen molar-refractivity contribution in [3.05, 3.63) is 59.9 Å². The molecule has 1 aromatic carbocycles. The number of alkyl halides is 3. The molecule has 26 heavy (non-hydrogen) atoms. The molecule has 0 amide bonds. The topological polar surface area (TPSA) is 37.4 Å². The van der Waals surface area contributed by atoms with Crippen LogP contribution in [0.15, 0.2) is 48.8 Å². The van der Waals surface area contributed by atoms with Crippen LogP contribution in [0.5, 0.6) is 5.75 Å². The van der Waals surface area contributed by atoms with Crippen molar-refractivity contribution in [2.75, 3.05) is 26.2 Å². The average Bonchev–Trinajstić information content (AvgIpc) is 2.57. The van der Waals surface area contributed by atoms with Gasteiger partial charge in [0.25, 0.3) is 0 Å². The van der Waals surface area contributed by atoms with Crippen LogP contribution in [-0.4, -0.2) is 42.4 Å². The normalized spacial score (nSPS) is 16.1. The summed E-state index contributed by atoms with van der Waals surface area (Å²) in [7, 11) is 0. The van der Waals surface area contributed by atoms with Gasteiger partial charge in [0, 0.05) is 38.6 Å². The molecule has 1 fully saturated rings. The number of piperazine rings is 1. The summed E-state index contributed by atoms with van der Waals surface area (Å²) < 4.78 is 40.9. The number of benzene rings is 1. The monoisotopic (exact) mass is 409 g/mol. The van der Waals surface area contributed by atoms with Gasteiger partial charge in [-0.25, -0.2) is 0 Å². The van der Waals surface area contributed by atoms with Gasteiger partial charge < -0.3 is 10.1 Å². The largest absolute Gasteiger partial charge is 0.573 e. The Morgan fingerprint density at radius 3 is 2.19 bits per heavy atom. The summed E-state index contributed by atoms with van der Waals surface area (Å²) >= 11 is 0. The highest BCUT2D eigenvalue weighted by Crippen LogP contribution is 2.31.